The lowest BCUT2D eigenvalue weighted by atomic mass is 10.1. The van der Waals surface area contributed by atoms with Gasteiger partial charge in [0.1, 0.15) is 0 Å². The van der Waals surface area contributed by atoms with E-state index in [4.69, 9.17) is 9.47 Å². The van der Waals surface area contributed by atoms with Gasteiger partial charge in [0.2, 0.25) is 18.1 Å². The lowest BCUT2D eigenvalue weighted by Crippen LogP contribution is -2.48. The highest BCUT2D eigenvalue weighted by Crippen LogP contribution is 2.18. The zero-order valence-corrected chi connectivity index (χ0v) is 19.0. The van der Waals surface area contributed by atoms with Crippen LogP contribution in [0.2, 0.25) is 0 Å². The van der Waals surface area contributed by atoms with Crippen LogP contribution in [0.5, 0.6) is 0 Å². The molecule has 0 aliphatic carbocycles. The Morgan fingerprint density at radius 2 is 1.06 bits per heavy atom. The number of carbonyl (C=O) groups excluding carboxylic acids is 4. The number of hydrogen-bond acceptors (Lipinski definition) is 7. The molecule has 0 fully saturated rings. The van der Waals surface area contributed by atoms with E-state index in [9.17, 15) is 29.1 Å². The predicted octanol–water partition coefficient (Wildman–Crippen LogP) is 3.12. The molecule has 3 aromatic carbocycles. The minimum absolute atomic E-state index is 0.0471. The fraction of sp³-hybridized carbons (Fsp3) is 0.115. The first-order valence-corrected chi connectivity index (χ1v) is 10.7. The van der Waals surface area contributed by atoms with Crippen LogP contribution < -0.4 is 10.6 Å². The second-order valence-corrected chi connectivity index (χ2v) is 7.47. The fourth-order valence-corrected chi connectivity index (χ4v) is 3.06. The molecule has 10 nitrogen and oxygen atoms in total. The molecule has 0 radical (unpaired) electrons. The molecule has 2 atom stereocenters. The van der Waals surface area contributed by atoms with Crippen LogP contribution in [-0.4, -0.2) is 47.0 Å². The molecule has 0 saturated heterocycles. The van der Waals surface area contributed by atoms with Crippen LogP contribution in [0.4, 0.5) is 11.4 Å². The first kappa shape index (κ1) is 25.6. The van der Waals surface area contributed by atoms with E-state index in [2.05, 4.69) is 10.6 Å². The van der Waals surface area contributed by atoms with Gasteiger partial charge in [0, 0.05) is 18.3 Å². The number of carbonyl (C=O) groups is 5. The Morgan fingerprint density at radius 3 is 1.47 bits per heavy atom. The number of anilines is 2. The first-order valence-electron chi connectivity index (χ1n) is 10.7. The second kappa shape index (κ2) is 11.9. The van der Waals surface area contributed by atoms with Gasteiger partial charge >= 0.3 is 17.9 Å². The molecule has 36 heavy (non-hydrogen) atoms. The second-order valence-electron chi connectivity index (χ2n) is 7.47. The van der Waals surface area contributed by atoms with Crippen LogP contribution in [0, 0.1) is 0 Å². The van der Waals surface area contributed by atoms with Gasteiger partial charge < -0.3 is 25.2 Å². The van der Waals surface area contributed by atoms with Crippen molar-refractivity contribution in [1.29, 1.82) is 0 Å². The van der Waals surface area contributed by atoms with E-state index < -0.39 is 36.0 Å². The maximum Gasteiger partial charge on any atom is 0.349 e. The Morgan fingerprint density at radius 1 is 0.639 bits per heavy atom. The number of esters is 2. The smallest absolute Gasteiger partial charge is 0.349 e. The molecule has 2 amide bonds. The largest absolute Gasteiger partial charge is 0.478 e. The van der Waals surface area contributed by atoms with Crippen molar-refractivity contribution in [2.24, 2.45) is 0 Å². The Labute approximate surface area is 205 Å². The number of aliphatic carboxylic acids is 1. The van der Waals surface area contributed by atoms with Crippen molar-refractivity contribution in [3.8, 4) is 0 Å². The number of amides is 2. The monoisotopic (exact) mass is 490 g/mol. The lowest BCUT2D eigenvalue weighted by molar-refractivity contribution is -0.157. The average Bonchev–Trinajstić information content (AvgIpc) is 2.87. The quantitative estimate of drug-likeness (QED) is 0.388. The third-order valence-electron chi connectivity index (χ3n) is 4.74. The molecule has 3 rings (SSSR count). The minimum atomic E-state index is -2.15. The van der Waals surface area contributed by atoms with Crippen molar-refractivity contribution >= 4 is 41.1 Å². The third-order valence-corrected chi connectivity index (χ3v) is 4.74. The number of hydrogen-bond donors (Lipinski definition) is 3. The highest BCUT2D eigenvalue weighted by molar-refractivity contribution is 6.01. The van der Waals surface area contributed by atoms with Crippen LogP contribution in [0.25, 0.3) is 0 Å². The van der Waals surface area contributed by atoms with Crippen molar-refractivity contribution in [3.63, 3.8) is 0 Å². The van der Waals surface area contributed by atoms with E-state index in [0.717, 1.165) is 0 Å². The topological polar surface area (TPSA) is 148 Å². The molecule has 10 heteroatoms. The average molecular weight is 490 g/mol. The Hall–Kier alpha value is -4.99. The van der Waals surface area contributed by atoms with Gasteiger partial charge in [0.15, 0.2) is 0 Å². The number of nitrogens with one attached hydrogen (secondary N) is 2. The molecule has 0 bridgehead atoms. The van der Waals surface area contributed by atoms with Crippen molar-refractivity contribution in [2.75, 3.05) is 10.6 Å². The molecule has 3 aromatic rings. The minimum Gasteiger partial charge on any atom is -0.478 e. The Kier molecular flexibility index (Phi) is 8.49. The molecule has 0 aromatic heterocycles. The Balaban J connectivity index is 1.86. The van der Waals surface area contributed by atoms with Gasteiger partial charge in [-0.05, 0) is 48.5 Å². The van der Waals surface area contributed by atoms with Crippen molar-refractivity contribution < 1.29 is 38.6 Å². The number of rotatable bonds is 9. The molecule has 0 saturated carbocycles. The van der Waals surface area contributed by atoms with E-state index >= 15 is 0 Å². The number of carboxylic acid groups (broad SMARTS) is 1. The molecular formula is C26H22N2O8. The Bertz CT molecular complexity index is 1240. The summed E-state index contributed by atoms with van der Waals surface area (Å²) in [6.45, 7) is 1.34. The number of benzene rings is 3. The van der Waals surface area contributed by atoms with E-state index in [0.29, 0.717) is 5.69 Å². The highest BCUT2D eigenvalue weighted by Gasteiger charge is 2.41. The van der Waals surface area contributed by atoms with Crippen LogP contribution in [0.3, 0.4) is 0 Å². The predicted molar refractivity (Wildman–Crippen MR) is 128 cm³/mol. The molecule has 0 heterocycles. The molecule has 184 valence electrons. The highest BCUT2D eigenvalue weighted by atomic mass is 16.6. The summed E-state index contributed by atoms with van der Waals surface area (Å²) in [5, 5.41) is 14.8. The lowest BCUT2D eigenvalue weighted by Gasteiger charge is -2.23. The summed E-state index contributed by atoms with van der Waals surface area (Å²) in [6.07, 6.45) is -4.18. The van der Waals surface area contributed by atoms with Gasteiger partial charge in [-0.2, -0.15) is 0 Å². The van der Waals surface area contributed by atoms with Gasteiger partial charge in [-0.15, -0.1) is 0 Å². The van der Waals surface area contributed by atoms with Gasteiger partial charge in [0.25, 0.3) is 5.91 Å². The van der Waals surface area contributed by atoms with Gasteiger partial charge in [-0.25, -0.2) is 14.4 Å². The van der Waals surface area contributed by atoms with Crippen molar-refractivity contribution in [3.05, 3.63) is 96.1 Å². The number of ether oxygens (including phenoxy) is 2. The third kappa shape index (κ3) is 7.00. The van der Waals surface area contributed by atoms with Gasteiger partial charge in [0.05, 0.1) is 11.1 Å². The maximum absolute atomic E-state index is 13.1. The standard InChI is InChI=1S/C26H22N2O8/c1-16(29)27-19-12-14-20(15-13-19)28-23(30)21(35-25(33)17-8-4-2-5-9-17)22(24(31)32)36-26(34)18-10-6-3-7-11-18/h2-15,21-22H,1H3,(H,27,29)(H,28,30)(H,31,32)/t21-,22-/m1/s1. The van der Waals surface area contributed by atoms with Crippen molar-refractivity contribution in [1.82, 2.24) is 0 Å². The maximum atomic E-state index is 13.1. The van der Waals surface area contributed by atoms with Crippen LogP contribution in [0.15, 0.2) is 84.9 Å². The van der Waals surface area contributed by atoms with Crippen LogP contribution in [-0.2, 0) is 23.9 Å². The van der Waals surface area contributed by atoms with E-state index in [1.165, 1.54) is 55.5 Å². The summed E-state index contributed by atoms with van der Waals surface area (Å²) in [4.78, 5) is 61.5. The zero-order chi connectivity index (χ0) is 26.1. The molecule has 3 N–H and O–H groups in total. The number of carboxylic acids is 1. The summed E-state index contributed by atoms with van der Waals surface area (Å²) in [6, 6.07) is 21.1. The normalized spacial score (nSPS) is 11.9. The van der Waals surface area contributed by atoms with E-state index in [1.54, 1.807) is 36.4 Å². The molecule has 0 aliphatic rings. The SMILES string of the molecule is CC(=O)Nc1ccc(NC(=O)[C@H](OC(=O)c2ccccc2)[C@@H](OC(=O)c2ccccc2)C(=O)O)cc1. The van der Waals surface area contributed by atoms with Crippen LogP contribution >= 0.6 is 0 Å². The summed E-state index contributed by atoms with van der Waals surface area (Å²) < 4.78 is 10.3. The molecule has 0 aliphatic heterocycles. The fourth-order valence-electron chi connectivity index (χ4n) is 3.06. The van der Waals surface area contributed by atoms with Crippen molar-refractivity contribution in [2.45, 2.75) is 19.1 Å². The first-order chi connectivity index (χ1) is 17.2. The van der Waals surface area contributed by atoms with Gasteiger partial charge in [-0.3, -0.25) is 9.59 Å². The molecule has 0 unspecified atom stereocenters. The summed E-state index contributed by atoms with van der Waals surface area (Å²) >= 11 is 0. The van der Waals surface area contributed by atoms with E-state index in [-0.39, 0.29) is 22.7 Å². The van der Waals surface area contributed by atoms with Gasteiger partial charge in [-0.1, -0.05) is 36.4 Å². The zero-order valence-electron chi connectivity index (χ0n) is 19.0. The summed E-state index contributed by atoms with van der Waals surface area (Å²) in [5.74, 6) is -5.03. The molecule has 0 spiro atoms. The summed E-state index contributed by atoms with van der Waals surface area (Å²) in [7, 11) is 0. The van der Waals surface area contributed by atoms with E-state index in [1.807, 2.05) is 0 Å². The molecular weight excluding hydrogens is 468 g/mol. The summed E-state index contributed by atoms with van der Waals surface area (Å²) in [5.41, 5.74) is 0.792. The van der Waals surface area contributed by atoms with Crippen LogP contribution in [0.1, 0.15) is 27.6 Å².